The highest BCUT2D eigenvalue weighted by Gasteiger charge is 2.48. The molecule has 3 rings (SSSR count). The molecule has 1 radical (unpaired) electrons. The number of benzene rings is 1. The Kier molecular flexibility index (Phi) is 2.15. The molecular formula is C15H16NO. The quantitative estimate of drug-likeness (QED) is 0.784. The molecule has 87 valence electrons. The third-order valence-corrected chi connectivity index (χ3v) is 4.23. The Morgan fingerprint density at radius 3 is 2.94 bits per heavy atom. The summed E-state index contributed by atoms with van der Waals surface area (Å²) in [5.74, 6) is 0.213. The normalized spacial score (nSPS) is 30.8. The molecule has 1 fully saturated rings. The number of fused-ring (bicyclic) bond motifs is 3. The second-order valence-electron chi connectivity index (χ2n) is 5.14. The number of rotatable bonds is 1. The van der Waals surface area contributed by atoms with Crippen LogP contribution in [0.2, 0.25) is 0 Å². The van der Waals surface area contributed by atoms with Gasteiger partial charge in [0.1, 0.15) is 0 Å². The summed E-state index contributed by atoms with van der Waals surface area (Å²) in [4.78, 5) is 11.8. The fraction of sp³-hybridized carbons (Fsp3) is 0.333. The summed E-state index contributed by atoms with van der Waals surface area (Å²) in [7, 11) is 0. The predicted molar refractivity (Wildman–Crippen MR) is 67.8 cm³/mol. The van der Waals surface area contributed by atoms with Crippen LogP contribution in [0.5, 0.6) is 0 Å². The molecule has 2 nitrogen and oxygen atoms in total. The second-order valence-corrected chi connectivity index (χ2v) is 5.14. The van der Waals surface area contributed by atoms with Crippen molar-refractivity contribution in [2.45, 2.75) is 19.3 Å². The maximum Gasteiger partial charge on any atom is 0.228 e. The highest BCUT2D eigenvalue weighted by molar-refractivity contribution is 5.98. The van der Waals surface area contributed by atoms with Gasteiger partial charge in [0.15, 0.2) is 0 Å². The minimum Gasteiger partial charge on any atom is -0.369 e. The van der Waals surface area contributed by atoms with Gasteiger partial charge in [-0.3, -0.25) is 4.79 Å². The minimum atomic E-state index is -0.600. The molecule has 2 aliphatic rings. The molecule has 0 spiro atoms. The molecular weight excluding hydrogens is 210 g/mol. The third kappa shape index (κ3) is 1.36. The molecule has 17 heavy (non-hydrogen) atoms. The lowest BCUT2D eigenvalue weighted by Crippen LogP contribution is -2.36. The van der Waals surface area contributed by atoms with Crippen LogP contribution in [0.3, 0.4) is 0 Å². The van der Waals surface area contributed by atoms with Gasteiger partial charge in [0, 0.05) is 0 Å². The summed E-state index contributed by atoms with van der Waals surface area (Å²) in [6.45, 7) is 4.16. The van der Waals surface area contributed by atoms with E-state index in [1.165, 1.54) is 5.56 Å². The van der Waals surface area contributed by atoms with Crippen molar-refractivity contribution in [3.05, 3.63) is 48.4 Å². The fourth-order valence-electron chi connectivity index (χ4n) is 3.26. The summed E-state index contributed by atoms with van der Waals surface area (Å²) in [5.41, 5.74) is 8.32. The van der Waals surface area contributed by atoms with Gasteiger partial charge < -0.3 is 5.73 Å². The monoisotopic (exact) mass is 226 g/mol. The molecule has 0 aromatic heterocycles. The topological polar surface area (TPSA) is 43.1 Å². The predicted octanol–water partition coefficient (Wildman–Crippen LogP) is 2.34. The number of carbonyl (C=O) groups excluding carboxylic acids is 1. The smallest absolute Gasteiger partial charge is 0.228 e. The Morgan fingerprint density at radius 1 is 1.41 bits per heavy atom. The van der Waals surface area contributed by atoms with Crippen LogP contribution in [0.4, 0.5) is 0 Å². The third-order valence-electron chi connectivity index (χ3n) is 4.23. The fourth-order valence-corrected chi connectivity index (χ4v) is 3.26. The van der Waals surface area contributed by atoms with Gasteiger partial charge in [-0.05, 0) is 48.3 Å². The molecule has 1 aromatic rings. The Morgan fingerprint density at radius 2 is 2.18 bits per heavy atom. The van der Waals surface area contributed by atoms with E-state index in [0.717, 1.165) is 30.4 Å². The van der Waals surface area contributed by atoms with Gasteiger partial charge in [0.05, 0.1) is 5.41 Å². The van der Waals surface area contributed by atoms with Crippen molar-refractivity contribution in [3.8, 4) is 0 Å². The van der Waals surface area contributed by atoms with Gasteiger partial charge in [-0.25, -0.2) is 0 Å². The molecule has 1 aromatic carbocycles. The lowest BCUT2D eigenvalue weighted by atomic mass is 9.75. The van der Waals surface area contributed by atoms with Crippen molar-refractivity contribution in [1.82, 2.24) is 0 Å². The molecule has 0 aliphatic heterocycles. The van der Waals surface area contributed by atoms with Crippen molar-refractivity contribution in [2.75, 3.05) is 0 Å². The summed E-state index contributed by atoms with van der Waals surface area (Å²) in [6.07, 6.45) is 5.00. The first-order valence-electron chi connectivity index (χ1n) is 6.07. The van der Waals surface area contributed by atoms with E-state index in [1.807, 2.05) is 12.1 Å². The van der Waals surface area contributed by atoms with Crippen LogP contribution in [0.1, 0.15) is 24.0 Å². The molecule has 0 heterocycles. The Hall–Kier alpha value is -1.57. The van der Waals surface area contributed by atoms with E-state index in [2.05, 4.69) is 25.1 Å². The van der Waals surface area contributed by atoms with Gasteiger partial charge in [-0.1, -0.05) is 30.8 Å². The SMILES string of the molecule is C=C1c2ccccc2CC2[CH]C1(C(N)=O)CC2. The first kappa shape index (κ1) is 10.6. The minimum absolute atomic E-state index is 0.248. The molecule has 2 unspecified atom stereocenters. The largest absolute Gasteiger partial charge is 0.369 e. The average molecular weight is 226 g/mol. The highest BCUT2D eigenvalue weighted by atomic mass is 16.1. The van der Waals surface area contributed by atoms with Gasteiger partial charge in [0.2, 0.25) is 5.91 Å². The first-order chi connectivity index (χ1) is 8.13. The van der Waals surface area contributed by atoms with Gasteiger partial charge in [0.25, 0.3) is 0 Å². The number of hydrogen-bond donors (Lipinski definition) is 1. The number of hydrogen-bond acceptors (Lipinski definition) is 1. The van der Waals surface area contributed by atoms with E-state index >= 15 is 0 Å². The van der Waals surface area contributed by atoms with Crippen molar-refractivity contribution >= 4 is 11.5 Å². The standard InChI is InChI=1S/C15H16NO/c1-10-13-5-3-2-4-12(13)8-11-6-7-15(10,9-11)14(16)17/h2-5,9,11H,1,6-8H2,(H2,16,17). The number of nitrogens with two attached hydrogens (primary N) is 1. The van der Waals surface area contributed by atoms with Crippen molar-refractivity contribution in [2.24, 2.45) is 17.1 Å². The maximum atomic E-state index is 11.8. The molecule has 1 saturated carbocycles. The van der Waals surface area contributed by atoms with Crippen LogP contribution in [0, 0.1) is 17.8 Å². The Balaban J connectivity index is 2.18. The Labute approximate surface area is 102 Å². The molecule has 2 N–H and O–H groups in total. The van der Waals surface area contributed by atoms with E-state index < -0.39 is 5.41 Å². The van der Waals surface area contributed by atoms with Crippen molar-refractivity contribution in [1.29, 1.82) is 0 Å². The van der Waals surface area contributed by atoms with Crippen molar-refractivity contribution < 1.29 is 4.79 Å². The maximum absolute atomic E-state index is 11.8. The van der Waals surface area contributed by atoms with Crippen LogP contribution < -0.4 is 5.73 Å². The molecule has 2 atom stereocenters. The van der Waals surface area contributed by atoms with Gasteiger partial charge in [-0.2, -0.15) is 0 Å². The van der Waals surface area contributed by atoms with Gasteiger partial charge in [-0.15, -0.1) is 0 Å². The van der Waals surface area contributed by atoms with E-state index in [-0.39, 0.29) is 5.91 Å². The van der Waals surface area contributed by atoms with Crippen LogP contribution in [0.25, 0.3) is 5.57 Å². The summed E-state index contributed by atoms with van der Waals surface area (Å²) < 4.78 is 0. The highest BCUT2D eigenvalue weighted by Crippen LogP contribution is 2.53. The second kappa shape index (κ2) is 3.46. The van der Waals surface area contributed by atoms with E-state index in [9.17, 15) is 4.79 Å². The zero-order valence-corrected chi connectivity index (χ0v) is 9.78. The molecule has 2 bridgehead atoms. The Bertz CT molecular complexity index is 505. The zero-order chi connectivity index (χ0) is 12.0. The molecule has 2 aliphatic carbocycles. The van der Waals surface area contributed by atoms with Crippen molar-refractivity contribution in [3.63, 3.8) is 0 Å². The zero-order valence-electron chi connectivity index (χ0n) is 9.78. The van der Waals surface area contributed by atoms with Crippen LogP contribution in [-0.4, -0.2) is 5.91 Å². The lowest BCUT2D eigenvalue weighted by Gasteiger charge is -2.27. The van der Waals surface area contributed by atoms with E-state index in [1.54, 1.807) is 0 Å². The van der Waals surface area contributed by atoms with Crippen LogP contribution in [0.15, 0.2) is 30.8 Å². The number of amides is 1. The van der Waals surface area contributed by atoms with E-state index in [0.29, 0.717) is 5.92 Å². The first-order valence-corrected chi connectivity index (χ1v) is 6.07. The average Bonchev–Trinajstić information content (AvgIpc) is 2.68. The summed E-state index contributed by atoms with van der Waals surface area (Å²) in [5, 5.41) is 0. The molecule has 1 amide bonds. The number of carbonyl (C=O) groups is 1. The lowest BCUT2D eigenvalue weighted by molar-refractivity contribution is -0.123. The van der Waals surface area contributed by atoms with Crippen LogP contribution in [-0.2, 0) is 11.2 Å². The summed E-state index contributed by atoms with van der Waals surface area (Å²) in [6, 6.07) is 8.22. The summed E-state index contributed by atoms with van der Waals surface area (Å²) >= 11 is 0. The van der Waals surface area contributed by atoms with Crippen LogP contribution >= 0.6 is 0 Å². The molecule has 0 saturated heterocycles. The molecule has 2 heteroatoms. The van der Waals surface area contributed by atoms with E-state index in [4.69, 9.17) is 5.73 Å². The number of primary amides is 1. The van der Waals surface area contributed by atoms with Gasteiger partial charge >= 0.3 is 0 Å².